The van der Waals surface area contributed by atoms with E-state index >= 15 is 0 Å². The van der Waals surface area contributed by atoms with Crippen LogP contribution < -0.4 is 10.0 Å². The van der Waals surface area contributed by atoms with Gasteiger partial charge in [-0.15, -0.1) is 0 Å². The number of carbonyl (C=O) groups excluding carboxylic acids is 1. The molecular weight excluding hydrogens is 397 g/mol. The number of nitrogens with one attached hydrogen (secondary N) is 2. The van der Waals surface area contributed by atoms with Crippen LogP contribution in [0.3, 0.4) is 0 Å². The molecule has 1 aromatic carbocycles. The Morgan fingerprint density at radius 3 is 2.70 bits per heavy atom. The summed E-state index contributed by atoms with van der Waals surface area (Å²) >= 11 is 5.73. The summed E-state index contributed by atoms with van der Waals surface area (Å²) < 4.78 is 43.4. The summed E-state index contributed by atoms with van der Waals surface area (Å²) in [6.07, 6.45) is 1.80. The zero-order chi connectivity index (χ0) is 19.9. The van der Waals surface area contributed by atoms with Gasteiger partial charge in [-0.25, -0.2) is 4.39 Å². The van der Waals surface area contributed by atoms with Gasteiger partial charge in [-0.3, -0.25) is 9.48 Å². The van der Waals surface area contributed by atoms with Gasteiger partial charge < -0.3 is 5.32 Å². The third kappa shape index (κ3) is 3.84. The van der Waals surface area contributed by atoms with Crippen molar-refractivity contribution in [2.24, 2.45) is 7.05 Å². The summed E-state index contributed by atoms with van der Waals surface area (Å²) in [5, 5.41) is 6.59. The van der Waals surface area contributed by atoms with Crippen LogP contribution in [0.25, 0.3) is 0 Å². The van der Waals surface area contributed by atoms with E-state index < -0.39 is 34.0 Å². The number of hydrogen-bond acceptors (Lipinski definition) is 4. The van der Waals surface area contributed by atoms with Crippen LogP contribution in [-0.4, -0.2) is 41.5 Å². The van der Waals surface area contributed by atoms with Crippen LogP contribution >= 0.6 is 11.6 Å². The van der Waals surface area contributed by atoms with Crippen molar-refractivity contribution in [3.63, 3.8) is 0 Å². The van der Waals surface area contributed by atoms with Gasteiger partial charge in [0.05, 0.1) is 17.3 Å². The molecule has 0 aliphatic carbocycles. The maximum atomic E-state index is 13.3. The number of hydrogen-bond donors (Lipinski definition) is 2. The first-order chi connectivity index (χ1) is 12.6. The number of carbonyl (C=O) groups is 1. The van der Waals surface area contributed by atoms with E-state index in [4.69, 9.17) is 11.6 Å². The lowest BCUT2D eigenvalue weighted by Crippen LogP contribution is -2.56. The fraction of sp³-hybridized carbons (Fsp3) is 0.375. The molecule has 1 aromatic heterocycles. The van der Waals surface area contributed by atoms with E-state index in [1.807, 2.05) is 6.92 Å². The van der Waals surface area contributed by atoms with Crippen molar-refractivity contribution in [3.8, 4) is 0 Å². The van der Waals surface area contributed by atoms with Gasteiger partial charge >= 0.3 is 0 Å². The van der Waals surface area contributed by atoms with Crippen molar-refractivity contribution in [3.05, 3.63) is 46.5 Å². The topological polar surface area (TPSA) is 96.3 Å². The van der Waals surface area contributed by atoms with Gasteiger partial charge in [-0.05, 0) is 31.5 Å². The van der Waals surface area contributed by atoms with Crippen LogP contribution in [0, 0.1) is 12.7 Å². The Balaban J connectivity index is 1.86. The van der Waals surface area contributed by atoms with E-state index in [0.717, 1.165) is 16.1 Å². The van der Waals surface area contributed by atoms with E-state index in [9.17, 15) is 17.6 Å². The van der Waals surface area contributed by atoms with Crippen molar-refractivity contribution in [1.29, 1.82) is 0 Å². The van der Waals surface area contributed by atoms with Crippen LogP contribution in [0.15, 0.2) is 24.4 Å². The maximum Gasteiger partial charge on any atom is 0.280 e. The van der Waals surface area contributed by atoms with Crippen molar-refractivity contribution >= 4 is 33.4 Å². The Bertz CT molecular complexity index is 994. The SMILES string of the molecule is Cc1c(C2CC(C(=O)Nc3ccc(F)c(Cl)c3)N(C)S(=O)(=O)N2)cnn1C. The van der Waals surface area contributed by atoms with Crippen LogP contribution in [0.1, 0.15) is 23.7 Å². The number of nitrogens with zero attached hydrogens (tertiary/aromatic N) is 3. The Morgan fingerprint density at radius 2 is 2.11 bits per heavy atom. The highest BCUT2D eigenvalue weighted by Crippen LogP contribution is 2.30. The van der Waals surface area contributed by atoms with Gasteiger partial charge in [-0.1, -0.05) is 11.6 Å². The lowest BCUT2D eigenvalue weighted by molar-refractivity contribution is -0.120. The Labute approximate surface area is 161 Å². The molecule has 3 rings (SSSR count). The monoisotopic (exact) mass is 415 g/mol. The van der Waals surface area contributed by atoms with Crippen molar-refractivity contribution in [2.45, 2.75) is 25.4 Å². The van der Waals surface area contributed by atoms with Gasteiger partial charge in [0.25, 0.3) is 10.2 Å². The highest BCUT2D eigenvalue weighted by Gasteiger charge is 2.41. The van der Waals surface area contributed by atoms with E-state index in [-0.39, 0.29) is 17.1 Å². The number of anilines is 1. The number of amides is 1. The molecule has 11 heteroatoms. The van der Waals surface area contributed by atoms with Crippen LogP contribution in [-0.2, 0) is 22.1 Å². The molecule has 1 aliphatic rings. The maximum absolute atomic E-state index is 13.3. The number of likely N-dealkylation sites (N-methyl/N-ethyl adjacent to an activating group) is 1. The highest BCUT2D eigenvalue weighted by molar-refractivity contribution is 7.87. The minimum absolute atomic E-state index is 0.136. The summed E-state index contributed by atoms with van der Waals surface area (Å²) in [5.41, 5.74) is 1.79. The summed E-state index contributed by atoms with van der Waals surface area (Å²) in [4.78, 5) is 12.7. The predicted molar refractivity (Wildman–Crippen MR) is 98.9 cm³/mol. The molecule has 2 heterocycles. The van der Waals surface area contributed by atoms with Crippen molar-refractivity contribution < 1.29 is 17.6 Å². The highest BCUT2D eigenvalue weighted by atomic mass is 35.5. The predicted octanol–water partition coefficient (Wildman–Crippen LogP) is 1.74. The zero-order valence-electron chi connectivity index (χ0n) is 14.9. The molecule has 1 fully saturated rings. The van der Waals surface area contributed by atoms with Crippen molar-refractivity contribution in [1.82, 2.24) is 18.8 Å². The van der Waals surface area contributed by atoms with Gasteiger partial charge in [0.2, 0.25) is 5.91 Å². The normalized spacial score (nSPS) is 22.6. The first-order valence-corrected chi connectivity index (χ1v) is 9.91. The third-order valence-electron chi connectivity index (χ3n) is 4.71. The number of halogens is 2. The van der Waals surface area contributed by atoms with E-state index in [2.05, 4.69) is 15.1 Å². The largest absolute Gasteiger partial charge is 0.325 e. The van der Waals surface area contributed by atoms with Gasteiger partial charge in [0.1, 0.15) is 11.9 Å². The number of aromatic nitrogens is 2. The molecular formula is C16H19ClFN5O3S. The molecule has 0 saturated carbocycles. The molecule has 0 bridgehead atoms. The Hall–Kier alpha value is -2.01. The average Bonchev–Trinajstić information content (AvgIpc) is 2.92. The third-order valence-corrected chi connectivity index (χ3v) is 6.59. The minimum atomic E-state index is -3.87. The van der Waals surface area contributed by atoms with E-state index in [1.165, 1.54) is 19.2 Å². The van der Waals surface area contributed by atoms with Crippen LogP contribution in [0.4, 0.5) is 10.1 Å². The summed E-state index contributed by atoms with van der Waals surface area (Å²) in [5.74, 6) is -1.14. The smallest absolute Gasteiger partial charge is 0.280 e. The molecule has 146 valence electrons. The van der Waals surface area contributed by atoms with E-state index in [0.29, 0.717) is 5.56 Å². The molecule has 1 aliphatic heterocycles. The number of rotatable bonds is 3. The quantitative estimate of drug-likeness (QED) is 0.798. The van der Waals surface area contributed by atoms with Crippen LogP contribution in [0.2, 0.25) is 5.02 Å². The average molecular weight is 416 g/mol. The molecule has 2 atom stereocenters. The van der Waals surface area contributed by atoms with E-state index in [1.54, 1.807) is 17.9 Å². The summed E-state index contributed by atoms with van der Waals surface area (Å²) in [6.45, 7) is 1.82. The summed E-state index contributed by atoms with van der Waals surface area (Å²) in [7, 11) is -0.784. The summed E-state index contributed by atoms with van der Waals surface area (Å²) in [6, 6.07) is 2.21. The molecule has 0 radical (unpaired) electrons. The fourth-order valence-corrected chi connectivity index (χ4v) is 4.42. The van der Waals surface area contributed by atoms with Crippen LogP contribution in [0.5, 0.6) is 0 Å². The minimum Gasteiger partial charge on any atom is -0.325 e. The lowest BCUT2D eigenvalue weighted by atomic mass is 10.00. The van der Waals surface area contributed by atoms with Gasteiger partial charge in [0, 0.05) is 31.0 Å². The molecule has 8 nitrogen and oxygen atoms in total. The molecule has 0 spiro atoms. The molecule has 2 unspecified atom stereocenters. The lowest BCUT2D eigenvalue weighted by Gasteiger charge is -2.36. The van der Waals surface area contributed by atoms with Crippen molar-refractivity contribution in [2.75, 3.05) is 12.4 Å². The second-order valence-electron chi connectivity index (χ2n) is 6.37. The molecule has 2 N–H and O–H groups in total. The zero-order valence-corrected chi connectivity index (χ0v) is 16.5. The molecule has 27 heavy (non-hydrogen) atoms. The first-order valence-electron chi connectivity index (χ1n) is 8.10. The second kappa shape index (κ2) is 7.19. The Morgan fingerprint density at radius 1 is 1.41 bits per heavy atom. The standard InChI is InChI=1S/C16H19ClFN5O3S/c1-9-11(8-19-22(9)2)14-7-15(23(3)27(25,26)21-14)16(24)20-10-4-5-13(18)12(17)6-10/h4-6,8,14-15,21H,7H2,1-3H3,(H,20,24). The number of benzene rings is 1. The number of aryl methyl sites for hydroxylation is 1. The molecule has 2 aromatic rings. The fourth-order valence-electron chi connectivity index (χ4n) is 2.97. The van der Waals surface area contributed by atoms with Gasteiger partial charge in [-0.2, -0.15) is 22.5 Å². The molecule has 1 saturated heterocycles. The first kappa shape index (κ1) is 19.7. The molecule has 1 amide bonds. The second-order valence-corrected chi connectivity index (χ2v) is 8.54. The van der Waals surface area contributed by atoms with Gasteiger partial charge in [0.15, 0.2) is 0 Å². The Kier molecular flexibility index (Phi) is 5.26.